The number of aryl methyl sites for hydroxylation is 1. The van der Waals surface area contributed by atoms with E-state index in [2.05, 4.69) is 23.2 Å². The summed E-state index contributed by atoms with van der Waals surface area (Å²) in [6.07, 6.45) is 1.68. The zero-order valence-electron chi connectivity index (χ0n) is 21.4. The summed E-state index contributed by atoms with van der Waals surface area (Å²) < 4.78 is 12.6. The molecule has 5 rings (SSSR count). The normalized spacial score (nSPS) is 11.2. The Labute approximate surface area is 232 Å². The molecule has 200 valence electrons. The predicted octanol–water partition coefficient (Wildman–Crippen LogP) is 8.03. The van der Waals surface area contributed by atoms with Crippen LogP contribution in [0, 0.1) is 27.2 Å². The molecule has 0 bridgehead atoms. The van der Waals surface area contributed by atoms with Crippen LogP contribution in [0.5, 0.6) is 17.2 Å². The molecule has 0 N–H and O–H groups in total. The number of ether oxygens (including phenoxy) is 2. The molecule has 1 aromatic heterocycles. The maximum Gasteiger partial charge on any atom is 0.318 e. The fourth-order valence-electron chi connectivity index (χ4n) is 3.92. The van der Waals surface area contributed by atoms with Crippen molar-refractivity contribution in [1.82, 2.24) is 4.98 Å². The van der Waals surface area contributed by atoms with Crippen LogP contribution in [0.2, 0.25) is 0 Å². The van der Waals surface area contributed by atoms with Gasteiger partial charge >= 0.3 is 5.69 Å². The van der Waals surface area contributed by atoms with Crippen molar-refractivity contribution in [1.29, 1.82) is 0 Å². The maximum absolute atomic E-state index is 11.5. The minimum atomic E-state index is -0.729. The number of nitro groups is 2. The molecule has 0 amide bonds. The standard InChI is InChI=1S/C29H22N4O6S/c1-3-38-27-15-19(5-11-26(27)39-25-12-10-22(32(34)35)16-24(25)33(36)37)17-30-21-8-6-20(7-9-21)29-31-23-14-18(2)4-13-28(23)40-29/h4-17H,3H2,1-2H3. The summed E-state index contributed by atoms with van der Waals surface area (Å²) in [5.41, 5.74) is 3.72. The van der Waals surface area contributed by atoms with Crippen LogP contribution < -0.4 is 9.47 Å². The van der Waals surface area contributed by atoms with E-state index in [1.165, 1.54) is 11.6 Å². The van der Waals surface area contributed by atoms with Gasteiger partial charge in [-0.2, -0.15) is 0 Å². The van der Waals surface area contributed by atoms with Gasteiger partial charge < -0.3 is 9.47 Å². The first-order chi connectivity index (χ1) is 19.3. The highest BCUT2D eigenvalue weighted by Gasteiger charge is 2.22. The Morgan fingerprint density at radius 3 is 2.40 bits per heavy atom. The summed E-state index contributed by atoms with van der Waals surface area (Å²) in [5.74, 6) is 0.438. The van der Waals surface area contributed by atoms with Gasteiger partial charge in [0.2, 0.25) is 5.75 Å². The van der Waals surface area contributed by atoms with Crippen molar-refractivity contribution in [3.05, 3.63) is 110 Å². The summed E-state index contributed by atoms with van der Waals surface area (Å²) in [4.78, 5) is 30.4. The maximum atomic E-state index is 11.5. The van der Waals surface area contributed by atoms with Gasteiger partial charge in [-0.15, -0.1) is 11.3 Å². The van der Waals surface area contributed by atoms with Crippen molar-refractivity contribution in [2.75, 3.05) is 6.61 Å². The van der Waals surface area contributed by atoms with Crippen molar-refractivity contribution >= 4 is 44.8 Å². The van der Waals surface area contributed by atoms with Crippen LogP contribution in [-0.4, -0.2) is 27.7 Å². The van der Waals surface area contributed by atoms with Crippen molar-refractivity contribution < 1.29 is 19.3 Å². The Morgan fingerprint density at radius 2 is 1.68 bits per heavy atom. The Hall–Kier alpha value is -5.16. The fourth-order valence-corrected chi connectivity index (χ4v) is 4.88. The molecule has 40 heavy (non-hydrogen) atoms. The lowest BCUT2D eigenvalue weighted by Gasteiger charge is -2.12. The third-order valence-corrected chi connectivity index (χ3v) is 6.94. The van der Waals surface area contributed by atoms with Crippen LogP contribution in [0.25, 0.3) is 20.8 Å². The monoisotopic (exact) mass is 554 g/mol. The Bertz CT molecular complexity index is 1760. The molecule has 0 fully saturated rings. The topological polar surface area (TPSA) is 130 Å². The number of non-ortho nitro benzene ring substituents is 1. The van der Waals surface area contributed by atoms with Gasteiger partial charge in [0, 0.05) is 17.8 Å². The highest BCUT2D eigenvalue weighted by Crippen LogP contribution is 2.38. The average molecular weight is 555 g/mol. The number of benzene rings is 4. The highest BCUT2D eigenvalue weighted by molar-refractivity contribution is 7.21. The number of nitrogens with zero attached hydrogens (tertiary/aromatic N) is 4. The summed E-state index contributed by atoms with van der Waals surface area (Å²) in [6.45, 7) is 4.17. The Balaban J connectivity index is 1.35. The molecule has 0 aliphatic carbocycles. The van der Waals surface area contributed by atoms with Gasteiger partial charge in [-0.25, -0.2) is 4.98 Å². The summed E-state index contributed by atoms with van der Waals surface area (Å²) in [7, 11) is 0. The van der Waals surface area contributed by atoms with Gasteiger partial charge in [0.05, 0.1) is 38.4 Å². The SMILES string of the molecule is CCOc1cc(C=Nc2ccc(-c3nc4cc(C)ccc4s3)cc2)ccc1Oc1ccc([N+](=O)[O-])cc1[N+](=O)[O-]. The van der Waals surface area contributed by atoms with E-state index in [-0.39, 0.29) is 11.5 Å². The quantitative estimate of drug-likeness (QED) is 0.102. The van der Waals surface area contributed by atoms with E-state index >= 15 is 0 Å². The number of thiazole rings is 1. The predicted molar refractivity (Wildman–Crippen MR) is 154 cm³/mol. The Kier molecular flexibility index (Phi) is 7.47. The first-order valence-electron chi connectivity index (χ1n) is 12.2. The van der Waals surface area contributed by atoms with Crippen LogP contribution >= 0.6 is 11.3 Å². The van der Waals surface area contributed by atoms with E-state index in [9.17, 15) is 20.2 Å². The van der Waals surface area contributed by atoms with Crippen molar-refractivity contribution in [2.24, 2.45) is 4.99 Å². The molecule has 0 atom stereocenters. The molecule has 4 aromatic carbocycles. The molecule has 0 spiro atoms. The van der Waals surface area contributed by atoms with Gasteiger partial charge in [-0.3, -0.25) is 25.2 Å². The van der Waals surface area contributed by atoms with Crippen LogP contribution in [0.1, 0.15) is 18.1 Å². The molecule has 1 heterocycles. The van der Waals surface area contributed by atoms with Gasteiger partial charge in [0.15, 0.2) is 11.5 Å². The molecule has 0 saturated carbocycles. The molecule has 5 aromatic rings. The molecule has 10 nitrogen and oxygen atoms in total. The molecule has 11 heteroatoms. The van der Waals surface area contributed by atoms with Gasteiger partial charge in [-0.05, 0) is 85.6 Å². The van der Waals surface area contributed by atoms with E-state index in [0.717, 1.165) is 44.2 Å². The molecule has 0 aliphatic rings. The zero-order valence-corrected chi connectivity index (χ0v) is 22.3. The van der Waals surface area contributed by atoms with Crippen LogP contribution in [0.4, 0.5) is 17.1 Å². The lowest BCUT2D eigenvalue weighted by Crippen LogP contribution is -1.99. The molecule has 0 saturated heterocycles. The number of aliphatic imine (C=N–C) groups is 1. The third-order valence-electron chi connectivity index (χ3n) is 5.86. The third kappa shape index (κ3) is 5.79. The highest BCUT2D eigenvalue weighted by atomic mass is 32.1. The second-order valence-corrected chi connectivity index (χ2v) is 9.73. The van der Waals surface area contributed by atoms with Gasteiger partial charge in [-0.1, -0.05) is 6.07 Å². The van der Waals surface area contributed by atoms with Gasteiger partial charge in [0.1, 0.15) is 5.01 Å². The minimum Gasteiger partial charge on any atom is -0.490 e. The lowest BCUT2D eigenvalue weighted by molar-refractivity contribution is -0.394. The average Bonchev–Trinajstić information content (AvgIpc) is 3.36. The van der Waals surface area contributed by atoms with Crippen molar-refractivity contribution in [2.45, 2.75) is 13.8 Å². The van der Waals surface area contributed by atoms with E-state index < -0.39 is 21.2 Å². The van der Waals surface area contributed by atoms with E-state index in [1.807, 2.05) is 31.2 Å². The van der Waals surface area contributed by atoms with Gasteiger partial charge in [0.25, 0.3) is 5.69 Å². The van der Waals surface area contributed by atoms with Crippen LogP contribution in [-0.2, 0) is 0 Å². The van der Waals surface area contributed by atoms with E-state index in [0.29, 0.717) is 12.4 Å². The molecular weight excluding hydrogens is 532 g/mol. The van der Waals surface area contributed by atoms with Crippen LogP contribution in [0.3, 0.4) is 0 Å². The summed E-state index contributed by atoms with van der Waals surface area (Å²) in [6, 6.07) is 22.3. The van der Waals surface area contributed by atoms with Crippen molar-refractivity contribution in [3.63, 3.8) is 0 Å². The lowest BCUT2D eigenvalue weighted by atomic mass is 10.2. The molecular formula is C29H22N4O6S. The number of hydrogen-bond donors (Lipinski definition) is 0. The zero-order chi connectivity index (χ0) is 28.2. The smallest absolute Gasteiger partial charge is 0.318 e. The van der Waals surface area contributed by atoms with E-state index in [1.54, 1.807) is 42.7 Å². The first kappa shape index (κ1) is 26.4. The summed E-state index contributed by atoms with van der Waals surface area (Å²) in [5, 5.41) is 23.4. The van der Waals surface area contributed by atoms with E-state index in [4.69, 9.17) is 14.5 Å². The summed E-state index contributed by atoms with van der Waals surface area (Å²) >= 11 is 1.64. The number of aromatic nitrogens is 1. The second-order valence-electron chi connectivity index (χ2n) is 8.70. The molecule has 0 aliphatic heterocycles. The number of fused-ring (bicyclic) bond motifs is 1. The largest absolute Gasteiger partial charge is 0.490 e. The Morgan fingerprint density at radius 1 is 0.900 bits per heavy atom. The second kappa shape index (κ2) is 11.3. The molecule has 0 radical (unpaired) electrons. The fraction of sp³-hybridized carbons (Fsp3) is 0.103. The van der Waals surface area contributed by atoms with Crippen LogP contribution in [0.15, 0.2) is 83.9 Å². The van der Waals surface area contributed by atoms with Crippen molar-refractivity contribution in [3.8, 4) is 27.8 Å². The minimum absolute atomic E-state index is 0.138. The number of hydrogen-bond acceptors (Lipinski definition) is 9. The number of rotatable bonds is 9. The first-order valence-corrected chi connectivity index (χ1v) is 13.0. The molecule has 0 unspecified atom stereocenters. The number of nitro benzene ring substituents is 2.